The van der Waals surface area contributed by atoms with Gasteiger partial charge < -0.3 is 10.1 Å². The molecule has 0 amide bonds. The van der Waals surface area contributed by atoms with Crippen LogP contribution < -0.4 is 10.1 Å². The number of nitrogens with one attached hydrogen (secondary N) is 1. The second-order valence-corrected chi connectivity index (χ2v) is 5.75. The average molecular weight is 249 g/mol. The van der Waals surface area contributed by atoms with E-state index < -0.39 is 0 Å². The molecule has 1 aromatic rings. The molecular weight excluding hydrogens is 222 g/mol. The molecule has 0 saturated heterocycles. The van der Waals surface area contributed by atoms with Gasteiger partial charge in [-0.2, -0.15) is 0 Å². The Morgan fingerprint density at radius 3 is 2.56 bits per heavy atom. The fourth-order valence-electron chi connectivity index (χ4n) is 2.65. The van der Waals surface area contributed by atoms with Gasteiger partial charge in [-0.1, -0.05) is 38.5 Å². The highest BCUT2D eigenvalue weighted by Gasteiger charge is 2.26. The first-order chi connectivity index (χ1) is 8.40. The summed E-state index contributed by atoms with van der Waals surface area (Å²) in [6.45, 7) is 12.1. The Morgan fingerprint density at radius 1 is 1.33 bits per heavy atom. The van der Waals surface area contributed by atoms with Crippen molar-refractivity contribution in [2.75, 3.05) is 13.7 Å². The summed E-state index contributed by atoms with van der Waals surface area (Å²) in [6.07, 6.45) is 1.10. The van der Waals surface area contributed by atoms with Crippen LogP contribution in [0.15, 0.2) is 18.2 Å². The van der Waals surface area contributed by atoms with Crippen LogP contribution >= 0.6 is 0 Å². The van der Waals surface area contributed by atoms with Crippen molar-refractivity contribution in [2.45, 2.75) is 52.5 Å². The highest BCUT2D eigenvalue weighted by atomic mass is 16.5. The summed E-state index contributed by atoms with van der Waals surface area (Å²) in [4.78, 5) is 0. The summed E-state index contributed by atoms with van der Waals surface area (Å²) in [5.41, 5.74) is 2.70. The second-order valence-electron chi connectivity index (χ2n) is 5.75. The molecule has 0 aliphatic rings. The molecule has 1 N–H and O–H groups in total. The van der Waals surface area contributed by atoms with Crippen LogP contribution in [0, 0.1) is 6.92 Å². The largest absolute Gasteiger partial charge is 0.496 e. The van der Waals surface area contributed by atoms with Crippen LogP contribution in [0.4, 0.5) is 0 Å². The van der Waals surface area contributed by atoms with E-state index in [0.29, 0.717) is 6.04 Å². The van der Waals surface area contributed by atoms with Gasteiger partial charge in [-0.25, -0.2) is 0 Å². The van der Waals surface area contributed by atoms with Crippen LogP contribution in [0.3, 0.4) is 0 Å². The number of rotatable bonds is 6. The Kier molecular flexibility index (Phi) is 5.21. The van der Waals surface area contributed by atoms with E-state index in [4.69, 9.17) is 4.74 Å². The lowest BCUT2D eigenvalue weighted by Gasteiger charge is -2.30. The molecule has 0 heterocycles. The van der Waals surface area contributed by atoms with Crippen LogP contribution in [-0.4, -0.2) is 19.7 Å². The molecular formula is C16H27NO. The number of aryl methyl sites for hydroxylation is 1. The van der Waals surface area contributed by atoms with Crippen molar-refractivity contribution in [3.8, 4) is 5.75 Å². The molecule has 0 fully saturated rings. The first kappa shape index (κ1) is 15.0. The first-order valence-corrected chi connectivity index (χ1v) is 6.79. The Morgan fingerprint density at radius 2 is 2.00 bits per heavy atom. The number of hydrogen-bond donors (Lipinski definition) is 1. The van der Waals surface area contributed by atoms with E-state index in [1.54, 1.807) is 7.11 Å². The highest BCUT2D eigenvalue weighted by Crippen LogP contribution is 2.35. The average Bonchev–Trinajstić information content (AvgIpc) is 2.28. The van der Waals surface area contributed by atoms with E-state index in [9.17, 15) is 0 Å². The summed E-state index contributed by atoms with van der Waals surface area (Å²) in [5.74, 6) is 0.995. The Labute approximate surface area is 112 Å². The van der Waals surface area contributed by atoms with Crippen LogP contribution in [0.2, 0.25) is 0 Å². The summed E-state index contributed by atoms with van der Waals surface area (Å²) in [6, 6.07) is 6.93. The van der Waals surface area contributed by atoms with Gasteiger partial charge in [-0.05, 0) is 38.3 Å². The molecule has 2 nitrogen and oxygen atoms in total. The van der Waals surface area contributed by atoms with Gasteiger partial charge in [0.25, 0.3) is 0 Å². The SMILES string of the molecule is CCNC(C)CC(C)(C)c1cc(C)ccc1OC. The van der Waals surface area contributed by atoms with Crippen molar-refractivity contribution in [2.24, 2.45) is 0 Å². The standard InChI is InChI=1S/C16H27NO/c1-7-17-13(3)11-16(4,5)14-10-12(2)8-9-15(14)18-6/h8-10,13,17H,7,11H2,1-6H3. The van der Waals surface area contributed by atoms with Crippen LogP contribution in [-0.2, 0) is 5.41 Å². The lowest BCUT2D eigenvalue weighted by Crippen LogP contribution is -2.33. The van der Waals surface area contributed by atoms with Crippen LogP contribution in [0.5, 0.6) is 5.75 Å². The lowest BCUT2D eigenvalue weighted by atomic mass is 9.78. The Bertz CT molecular complexity index is 385. The van der Waals surface area contributed by atoms with E-state index in [0.717, 1.165) is 18.7 Å². The first-order valence-electron chi connectivity index (χ1n) is 6.79. The zero-order chi connectivity index (χ0) is 13.8. The van der Waals surface area contributed by atoms with Gasteiger partial charge >= 0.3 is 0 Å². The third-order valence-electron chi connectivity index (χ3n) is 3.45. The van der Waals surface area contributed by atoms with Gasteiger partial charge in [0.05, 0.1) is 7.11 Å². The van der Waals surface area contributed by atoms with Crippen molar-refractivity contribution >= 4 is 0 Å². The predicted molar refractivity (Wildman–Crippen MR) is 78.5 cm³/mol. The highest BCUT2D eigenvalue weighted by molar-refractivity contribution is 5.41. The molecule has 0 bridgehead atoms. The molecule has 0 radical (unpaired) electrons. The molecule has 102 valence electrons. The van der Waals surface area contributed by atoms with E-state index in [2.05, 4.69) is 58.1 Å². The van der Waals surface area contributed by atoms with E-state index in [1.165, 1.54) is 11.1 Å². The Hall–Kier alpha value is -1.02. The summed E-state index contributed by atoms with van der Waals surface area (Å²) in [7, 11) is 1.75. The maximum atomic E-state index is 5.51. The second kappa shape index (κ2) is 6.24. The van der Waals surface area contributed by atoms with E-state index >= 15 is 0 Å². The normalized spacial score (nSPS) is 13.4. The van der Waals surface area contributed by atoms with Gasteiger partial charge in [-0.15, -0.1) is 0 Å². The molecule has 1 unspecified atom stereocenters. The zero-order valence-corrected chi connectivity index (χ0v) is 12.6. The Balaban J connectivity index is 2.99. The summed E-state index contributed by atoms with van der Waals surface area (Å²) >= 11 is 0. The lowest BCUT2D eigenvalue weighted by molar-refractivity contribution is 0.361. The maximum absolute atomic E-state index is 5.51. The van der Waals surface area contributed by atoms with Gasteiger partial charge in [0.1, 0.15) is 5.75 Å². The number of methoxy groups -OCH3 is 1. The molecule has 0 spiro atoms. The van der Waals surface area contributed by atoms with Crippen molar-refractivity contribution < 1.29 is 4.74 Å². The third-order valence-corrected chi connectivity index (χ3v) is 3.45. The molecule has 0 aliphatic carbocycles. The third kappa shape index (κ3) is 3.74. The van der Waals surface area contributed by atoms with E-state index in [1.807, 2.05) is 0 Å². The number of hydrogen-bond acceptors (Lipinski definition) is 2. The van der Waals surface area contributed by atoms with Crippen LogP contribution in [0.25, 0.3) is 0 Å². The zero-order valence-electron chi connectivity index (χ0n) is 12.6. The van der Waals surface area contributed by atoms with Gasteiger partial charge in [0.15, 0.2) is 0 Å². The minimum Gasteiger partial charge on any atom is -0.496 e. The van der Waals surface area contributed by atoms with Crippen LogP contribution in [0.1, 0.15) is 45.2 Å². The molecule has 0 aliphatic heterocycles. The minimum absolute atomic E-state index is 0.110. The van der Waals surface area contributed by atoms with Crippen molar-refractivity contribution in [1.29, 1.82) is 0 Å². The smallest absolute Gasteiger partial charge is 0.122 e. The van der Waals surface area contributed by atoms with Crippen molar-refractivity contribution in [3.63, 3.8) is 0 Å². The summed E-state index contributed by atoms with van der Waals surface area (Å²) < 4.78 is 5.51. The molecule has 18 heavy (non-hydrogen) atoms. The fourth-order valence-corrected chi connectivity index (χ4v) is 2.65. The molecule has 2 heteroatoms. The molecule has 1 atom stereocenters. The number of ether oxygens (including phenoxy) is 1. The quantitative estimate of drug-likeness (QED) is 0.830. The van der Waals surface area contributed by atoms with Gasteiger partial charge in [0, 0.05) is 11.6 Å². The maximum Gasteiger partial charge on any atom is 0.122 e. The van der Waals surface area contributed by atoms with Crippen molar-refractivity contribution in [1.82, 2.24) is 5.32 Å². The molecule has 0 saturated carbocycles. The molecule has 1 rings (SSSR count). The molecule has 1 aromatic carbocycles. The number of benzene rings is 1. The monoisotopic (exact) mass is 249 g/mol. The summed E-state index contributed by atoms with van der Waals surface area (Å²) in [5, 5.41) is 3.48. The van der Waals surface area contributed by atoms with Gasteiger partial charge in [0.2, 0.25) is 0 Å². The predicted octanol–water partition coefficient (Wildman–Crippen LogP) is 3.67. The minimum atomic E-state index is 0.110. The fraction of sp³-hybridized carbons (Fsp3) is 0.625. The topological polar surface area (TPSA) is 21.3 Å². The van der Waals surface area contributed by atoms with E-state index in [-0.39, 0.29) is 5.41 Å². The molecule has 0 aromatic heterocycles. The van der Waals surface area contributed by atoms with Gasteiger partial charge in [-0.3, -0.25) is 0 Å². The van der Waals surface area contributed by atoms with Crippen molar-refractivity contribution in [3.05, 3.63) is 29.3 Å².